The zero-order valence-corrected chi connectivity index (χ0v) is 12.7. The van der Waals surface area contributed by atoms with Crippen molar-refractivity contribution in [1.29, 1.82) is 0 Å². The maximum absolute atomic E-state index is 10.8. The van der Waals surface area contributed by atoms with Crippen LogP contribution in [-0.4, -0.2) is 11.5 Å². The molecule has 1 aliphatic rings. The first-order valence-corrected chi connectivity index (χ1v) is 7.55. The van der Waals surface area contributed by atoms with Crippen molar-refractivity contribution >= 4 is 23.0 Å². The van der Waals surface area contributed by atoms with Crippen LogP contribution >= 0.6 is 11.6 Å². The van der Waals surface area contributed by atoms with Crippen molar-refractivity contribution in [3.8, 4) is 0 Å². The molecule has 2 rings (SSSR count). The number of hydrogen-bond acceptors (Lipinski definition) is 3. The van der Waals surface area contributed by atoms with Crippen LogP contribution in [0.2, 0.25) is 5.02 Å². The predicted octanol–water partition coefficient (Wildman–Crippen LogP) is 4.79. The average molecular weight is 297 g/mol. The Morgan fingerprint density at radius 2 is 2.10 bits per heavy atom. The summed E-state index contributed by atoms with van der Waals surface area (Å²) in [4.78, 5) is 10.4. The maximum atomic E-state index is 10.8. The van der Waals surface area contributed by atoms with E-state index < -0.39 is 4.92 Å². The summed E-state index contributed by atoms with van der Waals surface area (Å²) in [5, 5.41) is 14.4. The zero-order valence-electron chi connectivity index (χ0n) is 12.0. The van der Waals surface area contributed by atoms with Crippen molar-refractivity contribution in [3.63, 3.8) is 0 Å². The quantitative estimate of drug-likeness (QED) is 0.641. The van der Waals surface area contributed by atoms with E-state index in [9.17, 15) is 10.1 Å². The summed E-state index contributed by atoms with van der Waals surface area (Å²) >= 11 is 5.96. The normalized spacial score (nSPS) is 22.6. The average Bonchev–Trinajstić information content (AvgIpc) is 2.40. The molecule has 0 heterocycles. The number of anilines is 1. The molecule has 4 nitrogen and oxygen atoms in total. The third-order valence-corrected chi connectivity index (χ3v) is 4.64. The van der Waals surface area contributed by atoms with E-state index in [2.05, 4.69) is 12.2 Å². The molecule has 0 spiro atoms. The number of hydrogen-bond donors (Lipinski definition) is 1. The van der Waals surface area contributed by atoms with E-state index in [1.54, 1.807) is 6.07 Å². The summed E-state index contributed by atoms with van der Waals surface area (Å²) in [6, 6.07) is 3.21. The van der Waals surface area contributed by atoms with Crippen LogP contribution in [0, 0.1) is 28.9 Å². The van der Waals surface area contributed by atoms with Gasteiger partial charge in [0.1, 0.15) is 5.02 Å². The van der Waals surface area contributed by atoms with E-state index in [1.165, 1.54) is 31.7 Å². The van der Waals surface area contributed by atoms with E-state index in [1.807, 2.05) is 6.92 Å². The van der Waals surface area contributed by atoms with Gasteiger partial charge < -0.3 is 5.32 Å². The van der Waals surface area contributed by atoms with Gasteiger partial charge in [0.15, 0.2) is 0 Å². The molecule has 0 amide bonds. The third-order valence-electron chi connectivity index (χ3n) is 4.33. The van der Waals surface area contributed by atoms with Gasteiger partial charge in [-0.15, -0.1) is 0 Å². The first kappa shape index (κ1) is 15.1. The van der Waals surface area contributed by atoms with Crippen molar-refractivity contribution in [2.45, 2.75) is 39.5 Å². The Morgan fingerprint density at radius 1 is 1.40 bits per heavy atom. The molecule has 1 aromatic carbocycles. The fourth-order valence-electron chi connectivity index (χ4n) is 2.93. The minimum absolute atomic E-state index is 0.0271. The summed E-state index contributed by atoms with van der Waals surface area (Å²) in [5.74, 6) is 1.42. The lowest BCUT2D eigenvalue weighted by molar-refractivity contribution is -0.384. The lowest BCUT2D eigenvalue weighted by Gasteiger charge is -2.29. The van der Waals surface area contributed by atoms with Crippen LogP contribution in [0.25, 0.3) is 0 Å². The molecule has 20 heavy (non-hydrogen) atoms. The van der Waals surface area contributed by atoms with Gasteiger partial charge in [0.2, 0.25) is 0 Å². The second kappa shape index (κ2) is 6.44. The number of benzene rings is 1. The molecular weight excluding hydrogens is 276 g/mol. The Labute approximate surface area is 124 Å². The molecule has 2 atom stereocenters. The van der Waals surface area contributed by atoms with Gasteiger partial charge in [-0.05, 0) is 36.8 Å². The molecule has 0 saturated heterocycles. The van der Waals surface area contributed by atoms with Gasteiger partial charge >= 0.3 is 0 Å². The van der Waals surface area contributed by atoms with Crippen LogP contribution in [0.4, 0.5) is 11.4 Å². The third kappa shape index (κ3) is 3.42. The number of halogens is 1. The monoisotopic (exact) mass is 296 g/mol. The van der Waals surface area contributed by atoms with E-state index in [4.69, 9.17) is 11.6 Å². The topological polar surface area (TPSA) is 55.2 Å². The summed E-state index contributed by atoms with van der Waals surface area (Å²) in [7, 11) is 0. The largest absolute Gasteiger partial charge is 0.384 e. The lowest BCUT2D eigenvalue weighted by atomic mass is 9.80. The fourth-order valence-corrected chi connectivity index (χ4v) is 3.17. The summed E-state index contributed by atoms with van der Waals surface area (Å²) in [6.07, 6.45) is 5.19. The first-order chi connectivity index (χ1) is 9.49. The Bertz CT molecular complexity index is 505. The molecule has 0 aliphatic heterocycles. The maximum Gasteiger partial charge on any atom is 0.288 e. The predicted molar refractivity (Wildman–Crippen MR) is 82.5 cm³/mol. The number of nitro groups is 1. The molecule has 1 N–H and O–H groups in total. The molecule has 2 unspecified atom stereocenters. The Morgan fingerprint density at radius 3 is 2.75 bits per heavy atom. The molecule has 110 valence electrons. The SMILES string of the molecule is Cc1cc([N+](=O)[O-])c(Cl)cc1NCC1CCCCC1C. The summed E-state index contributed by atoms with van der Waals surface area (Å²) < 4.78 is 0. The number of nitrogens with zero attached hydrogens (tertiary/aromatic N) is 1. The standard InChI is InChI=1S/C15H21ClN2O2/c1-10-5-3-4-6-12(10)9-17-14-8-13(16)15(18(19)20)7-11(14)2/h7-8,10,12,17H,3-6,9H2,1-2H3. The molecule has 1 aromatic rings. The minimum atomic E-state index is -0.442. The summed E-state index contributed by atoms with van der Waals surface area (Å²) in [6.45, 7) is 5.09. The Hall–Kier alpha value is -1.29. The van der Waals surface area contributed by atoms with Gasteiger partial charge in [0.25, 0.3) is 5.69 Å². The highest BCUT2D eigenvalue weighted by molar-refractivity contribution is 6.33. The minimum Gasteiger partial charge on any atom is -0.384 e. The van der Waals surface area contributed by atoms with Gasteiger partial charge in [0.05, 0.1) is 4.92 Å². The highest BCUT2D eigenvalue weighted by atomic mass is 35.5. The van der Waals surface area contributed by atoms with Gasteiger partial charge in [-0.1, -0.05) is 37.8 Å². The summed E-state index contributed by atoms with van der Waals surface area (Å²) in [5.41, 5.74) is 1.74. The first-order valence-electron chi connectivity index (χ1n) is 7.17. The zero-order chi connectivity index (χ0) is 14.7. The van der Waals surface area contributed by atoms with E-state index in [0.717, 1.165) is 23.7 Å². The smallest absolute Gasteiger partial charge is 0.288 e. The Kier molecular flexibility index (Phi) is 4.86. The Balaban J connectivity index is 2.06. The highest BCUT2D eigenvalue weighted by Gasteiger charge is 2.21. The molecule has 1 saturated carbocycles. The van der Waals surface area contributed by atoms with E-state index >= 15 is 0 Å². The fraction of sp³-hybridized carbons (Fsp3) is 0.600. The van der Waals surface area contributed by atoms with Crippen LogP contribution < -0.4 is 5.32 Å². The van der Waals surface area contributed by atoms with E-state index in [0.29, 0.717) is 5.92 Å². The van der Waals surface area contributed by atoms with Gasteiger partial charge in [0, 0.05) is 18.3 Å². The van der Waals surface area contributed by atoms with Gasteiger partial charge in [-0.25, -0.2) is 0 Å². The van der Waals surface area contributed by atoms with Gasteiger partial charge in [-0.3, -0.25) is 10.1 Å². The number of aryl methyl sites for hydroxylation is 1. The highest BCUT2D eigenvalue weighted by Crippen LogP contribution is 2.33. The van der Waals surface area contributed by atoms with Crippen LogP contribution in [0.5, 0.6) is 0 Å². The van der Waals surface area contributed by atoms with E-state index in [-0.39, 0.29) is 10.7 Å². The van der Waals surface area contributed by atoms with Crippen LogP contribution in [-0.2, 0) is 0 Å². The molecule has 5 heteroatoms. The number of nitro benzene ring substituents is 1. The van der Waals surface area contributed by atoms with Crippen molar-refractivity contribution < 1.29 is 4.92 Å². The number of nitrogens with one attached hydrogen (secondary N) is 1. The number of rotatable bonds is 4. The van der Waals surface area contributed by atoms with Crippen molar-refractivity contribution in [2.75, 3.05) is 11.9 Å². The van der Waals surface area contributed by atoms with Crippen molar-refractivity contribution in [3.05, 3.63) is 32.8 Å². The molecule has 0 aromatic heterocycles. The van der Waals surface area contributed by atoms with Crippen LogP contribution in [0.3, 0.4) is 0 Å². The van der Waals surface area contributed by atoms with Gasteiger partial charge in [-0.2, -0.15) is 0 Å². The molecule has 1 fully saturated rings. The van der Waals surface area contributed by atoms with Crippen LogP contribution in [0.1, 0.15) is 38.2 Å². The second-order valence-corrected chi connectivity index (χ2v) is 6.19. The second-order valence-electron chi connectivity index (χ2n) is 5.78. The van der Waals surface area contributed by atoms with Crippen LogP contribution in [0.15, 0.2) is 12.1 Å². The molecule has 1 aliphatic carbocycles. The van der Waals surface area contributed by atoms with Crippen molar-refractivity contribution in [1.82, 2.24) is 0 Å². The molecular formula is C15H21ClN2O2. The molecule has 0 radical (unpaired) electrons. The lowest BCUT2D eigenvalue weighted by Crippen LogP contribution is -2.24. The van der Waals surface area contributed by atoms with Crippen molar-refractivity contribution in [2.24, 2.45) is 11.8 Å². The molecule has 0 bridgehead atoms.